The van der Waals surface area contributed by atoms with Crippen molar-refractivity contribution >= 4 is 34.6 Å². The Morgan fingerprint density at radius 3 is 2.72 bits per heavy atom. The molecule has 1 amide bonds. The molecular weight excluding hydrogens is 470 g/mol. The number of carbonyl (C=O) groups excluding carboxylic acids is 1. The number of methoxy groups -OCH3 is 1. The molecule has 1 aliphatic carbocycles. The number of amides is 1. The number of nitrogens with one attached hydrogen (secondary N) is 2. The second-order valence-electron chi connectivity index (χ2n) is 9.61. The first-order chi connectivity index (χ1) is 17.6. The highest BCUT2D eigenvalue weighted by Gasteiger charge is 2.42. The maximum Gasteiger partial charge on any atom is 0.250 e. The van der Waals surface area contributed by atoms with Gasteiger partial charge in [0, 0.05) is 42.6 Å². The van der Waals surface area contributed by atoms with E-state index < -0.39 is 0 Å². The van der Waals surface area contributed by atoms with E-state index in [1.54, 1.807) is 0 Å². The number of hydrogen-bond acceptors (Lipinski definition) is 4. The topological polar surface area (TPSA) is 71.4 Å². The number of ether oxygens (including phenoxy) is 1. The molecule has 0 unspecified atom stereocenters. The molecule has 5 rings (SSSR count). The van der Waals surface area contributed by atoms with E-state index in [0.29, 0.717) is 11.2 Å². The summed E-state index contributed by atoms with van der Waals surface area (Å²) in [5, 5.41) is 7.16. The summed E-state index contributed by atoms with van der Waals surface area (Å²) < 4.78 is 7.42. The summed E-state index contributed by atoms with van der Waals surface area (Å²) in [6, 6.07) is 16.8. The lowest BCUT2D eigenvalue weighted by Gasteiger charge is -2.32. The van der Waals surface area contributed by atoms with Crippen LogP contribution in [0.3, 0.4) is 0 Å². The molecule has 2 aromatic heterocycles. The minimum atomic E-state index is -0.176. The van der Waals surface area contributed by atoms with Crippen molar-refractivity contribution in [1.29, 1.82) is 0 Å². The lowest BCUT2D eigenvalue weighted by Crippen LogP contribution is -2.31. The highest BCUT2D eigenvalue weighted by Crippen LogP contribution is 2.44. The Hall–Kier alpha value is -3.23. The van der Waals surface area contributed by atoms with Gasteiger partial charge in [-0.25, -0.2) is 0 Å². The zero-order chi connectivity index (χ0) is 25.1. The third-order valence-corrected chi connectivity index (χ3v) is 7.53. The van der Waals surface area contributed by atoms with Crippen molar-refractivity contribution in [2.45, 2.75) is 57.2 Å². The number of rotatable bonds is 7. The van der Waals surface area contributed by atoms with Gasteiger partial charge in [-0.15, -0.1) is 0 Å². The van der Waals surface area contributed by atoms with Crippen molar-refractivity contribution in [2.75, 3.05) is 23.9 Å². The SMILES string of the molecule is COCC(=O)Nc1ccc(N2C(=S)N[C@@H](c3ccccn3)[C@@H]2c2cccn2C2CCCCC2)cc1C. The molecule has 1 aliphatic heterocycles. The largest absolute Gasteiger partial charge is 0.375 e. The van der Waals surface area contributed by atoms with Crippen LogP contribution >= 0.6 is 12.2 Å². The summed E-state index contributed by atoms with van der Waals surface area (Å²) in [4.78, 5) is 19.0. The number of carbonyl (C=O) groups is 1. The number of nitrogens with zero attached hydrogens (tertiary/aromatic N) is 3. The molecule has 0 radical (unpaired) electrons. The third kappa shape index (κ3) is 4.88. The van der Waals surface area contributed by atoms with Gasteiger partial charge in [-0.05, 0) is 80.0 Å². The molecule has 188 valence electrons. The van der Waals surface area contributed by atoms with Crippen molar-refractivity contribution in [3.63, 3.8) is 0 Å². The Morgan fingerprint density at radius 1 is 1.17 bits per heavy atom. The fourth-order valence-electron chi connectivity index (χ4n) is 5.54. The molecule has 36 heavy (non-hydrogen) atoms. The van der Waals surface area contributed by atoms with Crippen molar-refractivity contribution in [2.24, 2.45) is 0 Å². The average Bonchev–Trinajstić information content (AvgIpc) is 3.51. The summed E-state index contributed by atoms with van der Waals surface area (Å²) in [6.45, 7) is 2.02. The second-order valence-corrected chi connectivity index (χ2v) is 10.00. The predicted octanol–water partition coefficient (Wildman–Crippen LogP) is 5.46. The normalized spacial score (nSPS) is 20.4. The monoisotopic (exact) mass is 503 g/mol. The van der Waals surface area contributed by atoms with E-state index in [1.165, 1.54) is 44.9 Å². The summed E-state index contributed by atoms with van der Waals surface area (Å²) in [6.07, 6.45) is 10.3. The van der Waals surface area contributed by atoms with E-state index in [2.05, 4.69) is 50.6 Å². The van der Waals surface area contributed by atoms with Crippen LogP contribution in [0, 0.1) is 6.92 Å². The van der Waals surface area contributed by atoms with Crippen LogP contribution < -0.4 is 15.5 Å². The van der Waals surface area contributed by atoms with Crippen LogP contribution in [0.4, 0.5) is 11.4 Å². The number of anilines is 2. The van der Waals surface area contributed by atoms with E-state index in [-0.39, 0.29) is 24.6 Å². The molecule has 3 heterocycles. The van der Waals surface area contributed by atoms with Crippen LogP contribution in [-0.2, 0) is 9.53 Å². The first-order valence-electron chi connectivity index (χ1n) is 12.6. The van der Waals surface area contributed by atoms with Crippen LogP contribution in [0.25, 0.3) is 0 Å². The number of benzene rings is 1. The molecule has 8 heteroatoms. The zero-order valence-electron chi connectivity index (χ0n) is 20.8. The number of thiocarbonyl (C=S) groups is 1. The Balaban J connectivity index is 1.54. The van der Waals surface area contributed by atoms with Gasteiger partial charge in [0.1, 0.15) is 12.6 Å². The molecule has 1 saturated heterocycles. The van der Waals surface area contributed by atoms with Crippen molar-refractivity contribution < 1.29 is 9.53 Å². The number of pyridine rings is 1. The molecule has 2 N–H and O–H groups in total. The van der Waals surface area contributed by atoms with Crippen molar-refractivity contribution in [3.8, 4) is 0 Å². The smallest absolute Gasteiger partial charge is 0.250 e. The summed E-state index contributed by atoms with van der Waals surface area (Å²) in [5.41, 5.74) is 4.91. The van der Waals surface area contributed by atoms with E-state index >= 15 is 0 Å². The van der Waals surface area contributed by atoms with E-state index in [0.717, 1.165) is 22.6 Å². The molecule has 2 fully saturated rings. The first-order valence-corrected chi connectivity index (χ1v) is 13.0. The quantitative estimate of drug-likeness (QED) is 0.417. The van der Waals surface area contributed by atoms with Crippen molar-refractivity contribution in [3.05, 3.63) is 77.9 Å². The Morgan fingerprint density at radius 2 is 2.00 bits per heavy atom. The van der Waals surface area contributed by atoms with Gasteiger partial charge in [-0.1, -0.05) is 25.3 Å². The van der Waals surface area contributed by atoms with Gasteiger partial charge in [0.2, 0.25) is 5.91 Å². The second kappa shape index (κ2) is 10.8. The molecule has 7 nitrogen and oxygen atoms in total. The molecule has 1 saturated carbocycles. The minimum Gasteiger partial charge on any atom is -0.375 e. The zero-order valence-corrected chi connectivity index (χ0v) is 21.6. The van der Waals surface area contributed by atoms with Gasteiger partial charge in [0.25, 0.3) is 0 Å². The molecule has 0 spiro atoms. The Kier molecular flexibility index (Phi) is 7.34. The molecule has 0 bridgehead atoms. The lowest BCUT2D eigenvalue weighted by molar-refractivity contribution is -0.119. The molecule has 2 atom stereocenters. The summed E-state index contributed by atoms with van der Waals surface area (Å²) >= 11 is 5.92. The number of aromatic nitrogens is 2. The Labute approximate surface area is 217 Å². The molecular formula is C28H33N5O2S. The van der Waals surface area contributed by atoms with Crippen molar-refractivity contribution in [1.82, 2.24) is 14.9 Å². The van der Waals surface area contributed by atoms with E-state index in [1.807, 2.05) is 37.4 Å². The van der Waals surface area contributed by atoms with Crippen LogP contribution in [-0.4, -0.2) is 34.3 Å². The summed E-state index contributed by atoms with van der Waals surface area (Å²) in [7, 11) is 1.51. The van der Waals surface area contributed by atoms with Crippen LogP contribution in [0.5, 0.6) is 0 Å². The fraction of sp³-hybridized carbons (Fsp3) is 0.393. The first kappa shape index (κ1) is 24.5. The average molecular weight is 504 g/mol. The molecule has 2 aliphatic rings. The van der Waals surface area contributed by atoms with Gasteiger partial charge in [-0.3, -0.25) is 9.78 Å². The fourth-order valence-corrected chi connectivity index (χ4v) is 5.88. The van der Waals surface area contributed by atoms with Gasteiger partial charge in [-0.2, -0.15) is 0 Å². The standard InChI is InChI=1S/C28H33N5O2S/c1-19-17-21(13-14-22(19)30-25(34)18-35-2)33-27(26(31-28(33)36)23-11-6-7-15-29-23)24-12-8-16-32(24)20-9-4-3-5-10-20/h6-8,11-17,20,26-27H,3-5,9-10,18H2,1-2H3,(H,30,34)(H,31,36)/t26-,27-/m0/s1. The van der Waals surface area contributed by atoms with Gasteiger partial charge < -0.3 is 24.8 Å². The predicted molar refractivity (Wildman–Crippen MR) is 146 cm³/mol. The van der Waals surface area contributed by atoms with Crippen LogP contribution in [0.15, 0.2) is 60.9 Å². The molecule has 1 aromatic carbocycles. The highest BCUT2D eigenvalue weighted by atomic mass is 32.1. The number of hydrogen-bond donors (Lipinski definition) is 2. The van der Waals surface area contributed by atoms with Gasteiger partial charge in [0.05, 0.1) is 11.7 Å². The highest BCUT2D eigenvalue weighted by molar-refractivity contribution is 7.80. The van der Waals surface area contributed by atoms with Gasteiger partial charge in [0.15, 0.2) is 5.11 Å². The maximum atomic E-state index is 12.1. The molecule has 3 aromatic rings. The maximum absolute atomic E-state index is 12.1. The third-order valence-electron chi connectivity index (χ3n) is 7.22. The van der Waals surface area contributed by atoms with E-state index in [9.17, 15) is 4.79 Å². The number of aryl methyl sites for hydroxylation is 1. The minimum absolute atomic E-state index is 0.0211. The van der Waals surface area contributed by atoms with Crippen LogP contribution in [0.1, 0.15) is 67.2 Å². The van der Waals surface area contributed by atoms with E-state index in [4.69, 9.17) is 21.9 Å². The Bertz CT molecular complexity index is 1220. The summed E-state index contributed by atoms with van der Waals surface area (Å²) in [5.74, 6) is -0.176. The lowest BCUT2D eigenvalue weighted by atomic mass is 9.94. The van der Waals surface area contributed by atoms with Crippen LogP contribution in [0.2, 0.25) is 0 Å². The van der Waals surface area contributed by atoms with Gasteiger partial charge >= 0.3 is 0 Å².